The van der Waals surface area contributed by atoms with E-state index in [0.717, 1.165) is 24.9 Å². The molecular weight excluding hydrogens is 269 g/mol. The van der Waals surface area contributed by atoms with Gasteiger partial charge in [0.1, 0.15) is 11.6 Å². The van der Waals surface area contributed by atoms with Gasteiger partial charge in [-0.3, -0.25) is 4.90 Å². The maximum absolute atomic E-state index is 13.2. The molecule has 0 aromatic heterocycles. The fraction of sp³-hybridized carbons (Fsp3) is 0.647. The zero-order valence-electron chi connectivity index (χ0n) is 12.8. The van der Waals surface area contributed by atoms with Gasteiger partial charge in [0.2, 0.25) is 0 Å². The molecule has 21 heavy (non-hydrogen) atoms. The van der Waals surface area contributed by atoms with E-state index in [2.05, 4.69) is 11.9 Å². The molecule has 0 radical (unpaired) electrons. The predicted octanol–water partition coefficient (Wildman–Crippen LogP) is 2.82. The average Bonchev–Trinajstić information content (AvgIpc) is 2.97. The lowest BCUT2D eigenvalue weighted by atomic mass is 10.0. The van der Waals surface area contributed by atoms with Crippen molar-refractivity contribution >= 4 is 0 Å². The fourth-order valence-electron chi connectivity index (χ4n) is 4.16. The number of nitrogens with zero attached hydrogens (tertiary/aromatic N) is 1. The Balaban J connectivity index is 1.64. The average molecular weight is 293 g/mol. The van der Waals surface area contributed by atoms with Gasteiger partial charge in [-0.05, 0) is 50.6 Å². The van der Waals surface area contributed by atoms with Crippen LogP contribution in [0.4, 0.5) is 4.39 Å². The van der Waals surface area contributed by atoms with Gasteiger partial charge in [0.25, 0.3) is 0 Å². The van der Waals surface area contributed by atoms with E-state index in [1.165, 1.54) is 25.0 Å². The van der Waals surface area contributed by atoms with Crippen LogP contribution in [0.1, 0.15) is 31.2 Å². The van der Waals surface area contributed by atoms with Gasteiger partial charge in [0.15, 0.2) is 0 Å². The summed E-state index contributed by atoms with van der Waals surface area (Å²) in [5.74, 6) is 1.73. The molecule has 2 aliphatic carbocycles. The smallest absolute Gasteiger partial charge is 0.126 e. The molecule has 0 saturated heterocycles. The second kappa shape index (κ2) is 5.93. The van der Waals surface area contributed by atoms with E-state index >= 15 is 0 Å². The molecule has 3 rings (SSSR count). The molecule has 0 bridgehead atoms. The molecule has 4 atom stereocenters. The molecule has 0 aliphatic heterocycles. The quantitative estimate of drug-likeness (QED) is 0.926. The zero-order valence-corrected chi connectivity index (χ0v) is 12.8. The third-order valence-corrected chi connectivity index (χ3v) is 5.26. The molecule has 1 aromatic rings. The molecule has 2 fully saturated rings. The topological polar surface area (TPSA) is 32.7 Å². The van der Waals surface area contributed by atoms with Gasteiger partial charge in [-0.15, -0.1) is 0 Å². The second-order valence-electron chi connectivity index (χ2n) is 6.64. The Morgan fingerprint density at radius 3 is 2.52 bits per heavy atom. The van der Waals surface area contributed by atoms with Crippen LogP contribution in [0.5, 0.6) is 5.75 Å². The zero-order chi connectivity index (χ0) is 15.0. The molecular formula is C17H24FNO2. The summed E-state index contributed by atoms with van der Waals surface area (Å²) in [6.07, 6.45) is 4.19. The van der Waals surface area contributed by atoms with Crippen molar-refractivity contribution < 1.29 is 14.2 Å². The molecule has 4 heteroatoms. The van der Waals surface area contributed by atoms with Gasteiger partial charge in [0, 0.05) is 24.2 Å². The summed E-state index contributed by atoms with van der Waals surface area (Å²) in [5, 5.41) is 9.72. The minimum absolute atomic E-state index is 0.0801. The molecule has 0 amide bonds. The maximum Gasteiger partial charge on any atom is 0.126 e. The number of fused-ring (bicyclic) bond motifs is 1. The summed E-state index contributed by atoms with van der Waals surface area (Å²) in [5.41, 5.74) is 1.03. The molecule has 2 aliphatic rings. The largest absolute Gasteiger partial charge is 0.496 e. The van der Waals surface area contributed by atoms with E-state index in [9.17, 15) is 9.50 Å². The lowest BCUT2D eigenvalue weighted by Crippen LogP contribution is -2.30. The van der Waals surface area contributed by atoms with Crippen molar-refractivity contribution in [2.24, 2.45) is 11.8 Å². The Kier molecular flexibility index (Phi) is 4.18. The standard InChI is InChI=1S/C17H24FNO2/c1-19(10-11-3-4-14(18)9-17(11)21-2)15-5-12-7-16(20)8-13(12)6-15/h3-4,9,12-13,15-16,20H,5-8,10H2,1-2H3/t12-,13+,15?,16?. The van der Waals surface area contributed by atoms with Crippen LogP contribution in [0.2, 0.25) is 0 Å². The van der Waals surface area contributed by atoms with Crippen LogP contribution in [0.15, 0.2) is 18.2 Å². The molecule has 3 nitrogen and oxygen atoms in total. The number of rotatable bonds is 4. The highest BCUT2D eigenvalue weighted by atomic mass is 19.1. The summed E-state index contributed by atoms with van der Waals surface area (Å²) in [6, 6.07) is 5.31. The van der Waals surface area contributed by atoms with Crippen molar-refractivity contribution in [3.8, 4) is 5.75 Å². The van der Waals surface area contributed by atoms with Gasteiger partial charge in [-0.1, -0.05) is 6.07 Å². The van der Waals surface area contributed by atoms with Crippen LogP contribution >= 0.6 is 0 Å². The number of hydrogen-bond acceptors (Lipinski definition) is 3. The van der Waals surface area contributed by atoms with Gasteiger partial charge >= 0.3 is 0 Å². The Labute approximate surface area is 125 Å². The normalized spacial score (nSPS) is 31.7. The molecule has 0 heterocycles. The first-order chi connectivity index (χ1) is 10.1. The minimum Gasteiger partial charge on any atom is -0.496 e. The Bertz CT molecular complexity index is 494. The number of halogens is 1. The number of hydrogen-bond donors (Lipinski definition) is 1. The summed E-state index contributed by atoms with van der Waals surface area (Å²) in [4.78, 5) is 2.35. The minimum atomic E-state index is -0.261. The molecule has 1 N–H and O–H groups in total. The summed E-state index contributed by atoms with van der Waals surface area (Å²) in [7, 11) is 3.71. The number of aliphatic hydroxyl groups is 1. The van der Waals surface area contributed by atoms with E-state index in [0.29, 0.717) is 23.6 Å². The van der Waals surface area contributed by atoms with E-state index in [1.54, 1.807) is 7.11 Å². The van der Waals surface area contributed by atoms with Crippen LogP contribution in [-0.4, -0.2) is 36.3 Å². The first-order valence-corrected chi connectivity index (χ1v) is 7.77. The molecule has 0 spiro atoms. The number of ether oxygens (including phenoxy) is 1. The van der Waals surface area contributed by atoms with Crippen molar-refractivity contribution in [2.45, 2.75) is 44.4 Å². The van der Waals surface area contributed by atoms with Crippen LogP contribution in [0, 0.1) is 17.7 Å². The first kappa shape index (κ1) is 14.8. The van der Waals surface area contributed by atoms with Crippen LogP contribution in [-0.2, 0) is 6.54 Å². The van der Waals surface area contributed by atoms with Crippen molar-refractivity contribution in [2.75, 3.05) is 14.2 Å². The highest BCUT2D eigenvalue weighted by Crippen LogP contribution is 2.45. The van der Waals surface area contributed by atoms with E-state index in [-0.39, 0.29) is 11.9 Å². The van der Waals surface area contributed by atoms with E-state index < -0.39 is 0 Å². The van der Waals surface area contributed by atoms with Gasteiger partial charge in [0.05, 0.1) is 13.2 Å². The number of aliphatic hydroxyl groups excluding tert-OH is 1. The van der Waals surface area contributed by atoms with E-state index in [4.69, 9.17) is 4.74 Å². The lowest BCUT2D eigenvalue weighted by molar-refractivity contribution is 0.158. The van der Waals surface area contributed by atoms with E-state index in [1.807, 2.05) is 6.07 Å². The van der Waals surface area contributed by atoms with Crippen molar-refractivity contribution in [3.05, 3.63) is 29.6 Å². The highest BCUT2D eigenvalue weighted by molar-refractivity contribution is 5.34. The van der Waals surface area contributed by atoms with Crippen molar-refractivity contribution in [3.63, 3.8) is 0 Å². The van der Waals surface area contributed by atoms with Crippen LogP contribution in [0.25, 0.3) is 0 Å². The summed E-state index contributed by atoms with van der Waals surface area (Å²) < 4.78 is 18.5. The van der Waals surface area contributed by atoms with Gasteiger partial charge < -0.3 is 9.84 Å². The Morgan fingerprint density at radius 1 is 1.24 bits per heavy atom. The third-order valence-electron chi connectivity index (χ3n) is 5.26. The molecule has 1 aromatic carbocycles. The van der Waals surface area contributed by atoms with Crippen LogP contribution in [0.3, 0.4) is 0 Å². The highest BCUT2D eigenvalue weighted by Gasteiger charge is 2.42. The van der Waals surface area contributed by atoms with Crippen molar-refractivity contribution in [1.82, 2.24) is 4.90 Å². The van der Waals surface area contributed by atoms with Gasteiger partial charge in [-0.25, -0.2) is 4.39 Å². The monoisotopic (exact) mass is 293 g/mol. The Morgan fingerprint density at radius 2 is 1.90 bits per heavy atom. The Hall–Kier alpha value is -1.13. The SMILES string of the molecule is COc1cc(F)ccc1CN(C)C1C[C@H]2CC(O)C[C@H]2C1. The van der Waals surface area contributed by atoms with Crippen LogP contribution < -0.4 is 4.74 Å². The first-order valence-electron chi connectivity index (χ1n) is 7.77. The third kappa shape index (κ3) is 3.06. The molecule has 2 saturated carbocycles. The van der Waals surface area contributed by atoms with Gasteiger partial charge in [-0.2, -0.15) is 0 Å². The molecule has 2 unspecified atom stereocenters. The summed E-state index contributed by atoms with van der Waals surface area (Å²) in [6.45, 7) is 0.774. The summed E-state index contributed by atoms with van der Waals surface area (Å²) >= 11 is 0. The number of benzene rings is 1. The molecule has 116 valence electrons. The van der Waals surface area contributed by atoms with Crippen molar-refractivity contribution in [1.29, 1.82) is 0 Å². The predicted molar refractivity (Wildman–Crippen MR) is 79.7 cm³/mol. The second-order valence-corrected chi connectivity index (χ2v) is 6.64. The fourth-order valence-corrected chi connectivity index (χ4v) is 4.16. The number of methoxy groups -OCH3 is 1. The lowest BCUT2D eigenvalue weighted by Gasteiger charge is -2.26. The maximum atomic E-state index is 13.2.